The average molecular weight is 211 g/mol. The highest BCUT2D eigenvalue weighted by Gasteiger charge is 2.14. The van der Waals surface area contributed by atoms with Crippen molar-refractivity contribution in [2.24, 2.45) is 0 Å². The Morgan fingerprint density at radius 1 is 1.20 bits per heavy atom. The lowest BCUT2D eigenvalue weighted by atomic mass is 10.1. The van der Waals surface area contributed by atoms with Crippen LogP contribution in [0.1, 0.15) is 51.4 Å². The lowest BCUT2D eigenvalue weighted by molar-refractivity contribution is -0.111. The van der Waals surface area contributed by atoms with E-state index in [9.17, 15) is 0 Å². The number of ether oxygens (including phenoxy) is 2. The second kappa shape index (κ2) is 8.70. The van der Waals surface area contributed by atoms with Gasteiger partial charge in [0.15, 0.2) is 6.29 Å². The van der Waals surface area contributed by atoms with Crippen molar-refractivity contribution in [3.05, 3.63) is 0 Å². The maximum atomic E-state index is 8.34. The summed E-state index contributed by atoms with van der Waals surface area (Å²) in [6, 6.07) is 2.17. The van der Waals surface area contributed by atoms with Crippen molar-refractivity contribution in [2.45, 2.75) is 57.7 Å². The summed E-state index contributed by atoms with van der Waals surface area (Å²) in [5.41, 5.74) is 0. The molecule has 0 saturated carbocycles. The molecule has 3 nitrogen and oxygen atoms in total. The smallest absolute Gasteiger partial charge is 0.157 e. The molecule has 0 aliphatic carbocycles. The predicted octanol–water partition coefficient (Wildman–Crippen LogP) is 3.00. The summed E-state index contributed by atoms with van der Waals surface area (Å²) < 4.78 is 10.9. The number of rotatable bonds is 8. The summed E-state index contributed by atoms with van der Waals surface area (Å²) in [5, 5.41) is 8.34. The number of nitrogens with zero attached hydrogens (tertiary/aromatic N) is 1. The molecule has 0 aromatic heterocycles. The highest BCUT2D eigenvalue weighted by atomic mass is 16.7. The fourth-order valence-electron chi connectivity index (χ4n) is 1.73. The minimum atomic E-state index is 0.0728. The van der Waals surface area contributed by atoms with Gasteiger partial charge in [0.05, 0.1) is 6.07 Å². The van der Waals surface area contributed by atoms with Crippen molar-refractivity contribution in [1.82, 2.24) is 0 Å². The summed E-state index contributed by atoms with van der Waals surface area (Å²) in [6.45, 7) is 1.68. The first kappa shape index (κ1) is 12.5. The van der Waals surface area contributed by atoms with Crippen molar-refractivity contribution < 1.29 is 9.47 Å². The van der Waals surface area contributed by atoms with E-state index in [1.54, 1.807) is 0 Å². The van der Waals surface area contributed by atoms with Gasteiger partial charge in [0.1, 0.15) is 0 Å². The molecule has 1 atom stereocenters. The fraction of sp³-hybridized carbons (Fsp3) is 0.917. The molecule has 0 radical (unpaired) electrons. The molecule has 0 N–H and O–H groups in total. The SMILES string of the molecule is N#CCCCCCCCOC1CCCO1. The third-order valence-electron chi connectivity index (χ3n) is 2.62. The van der Waals surface area contributed by atoms with E-state index >= 15 is 0 Å². The van der Waals surface area contributed by atoms with Gasteiger partial charge >= 0.3 is 0 Å². The van der Waals surface area contributed by atoms with E-state index in [0.717, 1.165) is 38.9 Å². The molecule has 86 valence electrons. The summed E-state index contributed by atoms with van der Waals surface area (Å²) in [4.78, 5) is 0. The Bertz CT molecular complexity index is 183. The first-order chi connectivity index (χ1) is 7.43. The highest BCUT2D eigenvalue weighted by Crippen LogP contribution is 2.14. The average Bonchev–Trinajstić information content (AvgIpc) is 2.75. The Kier molecular flexibility index (Phi) is 7.24. The maximum absolute atomic E-state index is 8.34. The maximum Gasteiger partial charge on any atom is 0.157 e. The normalized spacial score (nSPS) is 20.3. The van der Waals surface area contributed by atoms with Crippen LogP contribution in [0.15, 0.2) is 0 Å². The van der Waals surface area contributed by atoms with Crippen LogP contribution in [-0.4, -0.2) is 19.5 Å². The Labute approximate surface area is 92.4 Å². The van der Waals surface area contributed by atoms with Crippen LogP contribution in [0.2, 0.25) is 0 Å². The molecule has 1 rings (SSSR count). The van der Waals surface area contributed by atoms with Crippen LogP contribution in [-0.2, 0) is 9.47 Å². The molecular weight excluding hydrogens is 190 g/mol. The summed E-state index contributed by atoms with van der Waals surface area (Å²) in [7, 11) is 0. The van der Waals surface area contributed by atoms with Gasteiger partial charge in [0.2, 0.25) is 0 Å². The van der Waals surface area contributed by atoms with Crippen LogP contribution < -0.4 is 0 Å². The lowest BCUT2D eigenvalue weighted by Crippen LogP contribution is -2.11. The van der Waals surface area contributed by atoms with E-state index in [-0.39, 0.29) is 6.29 Å². The van der Waals surface area contributed by atoms with Crippen LogP contribution in [0.4, 0.5) is 0 Å². The lowest BCUT2D eigenvalue weighted by Gasteiger charge is -2.10. The van der Waals surface area contributed by atoms with Gasteiger partial charge < -0.3 is 9.47 Å². The zero-order valence-electron chi connectivity index (χ0n) is 9.41. The Hall–Kier alpha value is -0.590. The Balaban J connectivity index is 1.75. The standard InChI is InChI=1S/C12H21NO2/c13-9-5-3-1-2-4-6-10-14-12-8-7-11-15-12/h12H,1-8,10-11H2. The van der Waals surface area contributed by atoms with Crippen molar-refractivity contribution in [3.63, 3.8) is 0 Å². The highest BCUT2D eigenvalue weighted by molar-refractivity contribution is 4.67. The summed E-state index contributed by atoms with van der Waals surface area (Å²) in [6.07, 6.45) is 8.73. The molecule has 0 aromatic carbocycles. The van der Waals surface area contributed by atoms with E-state index in [0.29, 0.717) is 6.42 Å². The molecule has 1 saturated heterocycles. The van der Waals surface area contributed by atoms with Crippen molar-refractivity contribution in [1.29, 1.82) is 5.26 Å². The predicted molar refractivity (Wildman–Crippen MR) is 58.2 cm³/mol. The molecule has 1 fully saturated rings. The van der Waals surface area contributed by atoms with Gasteiger partial charge in [-0.2, -0.15) is 5.26 Å². The van der Waals surface area contributed by atoms with Crippen molar-refractivity contribution in [3.8, 4) is 6.07 Å². The molecule has 15 heavy (non-hydrogen) atoms. The molecule has 0 spiro atoms. The van der Waals surface area contributed by atoms with Crippen molar-refractivity contribution in [2.75, 3.05) is 13.2 Å². The molecule has 1 heterocycles. The van der Waals surface area contributed by atoms with Crippen LogP contribution in [0.3, 0.4) is 0 Å². The van der Waals surface area contributed by atoms with Crippen LogP contribution in [0.5, 0.6) is 0 Å². The topological polar surface area (TPSA) is 42.2 Å². The zero-order valence-corrected chi connectivity index (χ0v) is 9.41. The zero-order chi connectivity index (χ0) is 10.8. The van der Waals surface area contributed by atoms with Crippen LogP contribution >= 0.6 is 0 Å². The summed E-state index contributed by atoms with van der Waals surface area (Å²) in [5.74, 6) is 0. The number of hydrogen-bond donors (Lipinski definition) is 0. The number of hydrogen-bond acceptors (Lipinski definition) is 3. The summed E-state index contributed by atoms with van der Waals surface area (Å²) >= 11 is 0. The monoisotopic (exact) mass is 211 g/mol. The van der Waals surface area contributed by atoms with Gasteiger partial charge in [-0.05, 0) is 19.3 Å². The minimum absolute atomic E-state index is 0.0728. The first-order valence-electron chi connectivity index (χ1n) is 6.03. The molecule has 0 aromatic rings. The quantitative estimate of drug-likeness (QED) is 0.579. The second-order valence-electron chi connectivity index (χ2n) is 3.99. The van der Waals surface area contributed by atoms with E-state index in [1.807, 2.05) is 0 Å². The molecule has 0 amide bonds. The van der Waals surface area contributed by atoms with E-state index in [2.05, 4.69) is 6.07 Å². The Morgan fingerprint density at radius 3 is 2.73 bits per heavy atom. The molecule has 0 bridgehead atoms. The fourth-order valence-corrected chi connectivity index (χ4v) is 1.73. The minimum Gasteiger partial charge on any atom is -0.353 e. The first-order valence-corrected chi connectivity index (χ1v) is 6.03. The number of unbranched alkanes of at least 4 members (excludes halogenated alkanes) is 5. The van der Waals surface area contributed by atoms with Gasteiger partial charge in [-0.3, -0.25) is 0 Å². The van der Waals surface area contributed by atoms with E-state index in [1.165, 1.54) is 19.3 Å². The van der Waals surface area contributed by atoms with Crippen LogP contribution in [0.25, 0.3) is 0 Å². The van der Waals surface area contributed by atoms with E-state index in [4.69, 9.17) is 14.7 Å². The van der Waals surface area contributed by atoms with Gasteiger partial charge in [-0.1, -0.05) is 19.3 Å². The third kappa shape index (κ3) is 6.48. The number of nitriles is 1. The molecule has 1 aliphatic heterocycles. The molecule has 1 unspecified atom stereocenters. The van der Waals surface area contributed by atoms with Crippen molar-refractivity contribution >= 4 is 0 Å². The molecule has 3 heteroatoms. The molecular formula is C12H21NO2. The Morgan fingerprint density at radius 2 is 2.00 bits per heavy atom. The molecule has 1 aliphatic rings. The second-order valence-corrected chi connectivity index (χ2v) is 3.99. The van der Waals surface area contributed by atoms with E-state index < -0.39 is 0 Å². The largest absolute Gasteiger partial charge is 0.353 e. The van der Waals surface area contributed by atoms with Gasteiger partial charge in [-0.15, -0.1) is 0 Å². The third-order valence-corrected chi connectivity index (χ3v) is 2.62. The van der Waals surface area contributed by atoms with Crippen LogP contribution in [0, 0.1) is 11.3 Å². The van der Waals surface area contributed by atoms with Gasteiger partial charge in [0, 0.05) is 26.1 Å². The van der Waals surface area contributed by atoms with Gasteiger partial charge in [-0.25, -0.2) is 0 Å². The van der Waals surface area contributed by atoms with Gasteiger partial charge in [0.25, 0.3) is 0 Å².